The highest BCUT2D eigenvalue weighted by atomic mass is 32.2. The average Bonchev–Trinajstić information content (AvgIpc) is 2.98. The van der Waals surface area contributed by atoms with Crippen molar-refractivity contribution in [3.05, 3.63) is 70.5 Å². The Balaban J connectivity index is 1.33. The smallest absolute Gasteiger partial charge is 0.419 e. The number of piperidine rings is 1. The van der Waals surface area contributed by atoms with E-state index in [4.69, 9.17) is 4.74 Å². The van der Waals surface area contributed by atoms with E-state index < -0.39 is 21.8 Å². The van der Waals surface area contributed by atoms with Crippen LogP contribution in [0.1, 0.15) is 64.8 Å². The van der Waals surface area contributed by atoms with E-state index in [2.05, 4.69) is 25.5 Å². The molecular weight excluding hydrogens is 633 g/mol. The van der Waals surface area contributed by atoms with Gasteiger partial charge in [0.25, 0.3) is 5.91 Å². The number of likely N-dealkylation sites (tertiary alicyclic amines) is 1. The summed E-state index contributed by atoms with van der Waals surface area (Å²) in [6.07, 6.45) is 2.71. The Morgan fingerprint density at radius 2 is 1.87 bits per heavy atom. The predicted octanol–water partition coefficient (Wildman–Crippen LogP) is 5.48. The monoisotopic (exact) mass is 674 g/mol. The van der Waals surface area contributed by atoms with Crippen LogP contribution in [-0.2, 0) is 29.0 Å². The van der Waals surface area contributed by atoms with E-state index in [1.165, 1.54) is 33.4 Å². The molecule has 3 aromatic rings. The maximum absolute atomic E-state index is 14.0. The summed E-state index contributed by atoms with van der Waals surface area (Å²) in [5, 5.41) is 6.08. The molecule has 47 heavy (non-hydrogen) atoms. The number of methoxy groups -OCH3 is 1. The van der Waals surface area contributed by atoms with E-state index in [9.17, 15) is 26.4 Å². The van der Waals surface area contributed by atoms with Crippen molar-refractivity contribution in [1.82, 2.24) is 20.2 Å². The number of hydrogen-bond acceptors (Lipinski definition) is 8. The van der Waals surface area contributed by atoms with Crippen molar-refractivity contribution >= 4 is 33.3 Å². The fourth-order valence-electron chi connectivity index (χ4n) is 6.05. The summed E-state index contributed by atoms with van der Waals surface area (Å²) in [5.74, 6) is -0.00455. The van der Waals surface area contributed by atoms with Crippen LogP contribution >= 0.6 is 0 Å². The number of sulfonamides is 1. The van der Waals surface area contributed by atoms with Crippen molar-refractivity contribution in [3.63, 3.8) is 0 Å². The van der Waals surface area contributed by atoms with Crippen LogP contribution in [0, 0.1) is 6.92 Å². The van der Waals surface area contributed by atoms with E-state index >= 15 is 0 Å². The number of halogens is 3. The highest BCUT2D eigenvalue weighted by Gasteiger charge is 2.35. The van der Waals surface area contributed by atoms with Crippen LogP contribution in [0.2, 0.25) is 0 Å². The zero-order chi connectivity index (χ0) is 33.9. The van der Waals surface area contributed by atoms with Crippen LogP contribution in [-0.4, -0.2) is 74.8 Å². The van der Waals surface area contributed by atoms with Gasteiger partial charge in [0.1, 0.15) is 5.75 Å². The van der Waals surface area contributed by atoms with Crippen molar-refractivity contribution in [2.45, 2.75) is 70.1 Å². The van der Waals surface area contributed by atoms with Gasteiger partial charge in [0.05, 0.1) is 36.0 Å². The Labute approximate surface area is 273 Å². The molecule has 1 aromatic heterocycles. The molecule has 1 atom stereocenters. The minimum absolute atomic E-state index is 0.0578. The lowest BCUT2D eigenvalue weighted by Crippen LogP contribution is -2.52. The SMILES string of the molecule is COc1cc(C(=O)N[C@@H]2CCCN(C3CCC3)C2)ccc1Nc1ncc(C(F)(F)F)c(CCc2ccc(C)cc2N(C)S(C)(=O)=O)n1. The Bertz CT molecular complexity index is 1710. The van der Waals surface area contributed by atoms with E-state index in [-0.39, 0.29) is 36.4 Å². The second-order valence-corrected chi connectivity index (χ2v) is 14.4. The Morgan fingerprint density at radius 3 is 2.53 bits per heavy atom. The molecule has 14 heteroatoms. The standard InChI is InChI=1S/C33H41F3N6O4S/c1-21-10-11-22(29(17-21)41(2)47(4,44)45)12-14-27-26(33(34,35)36)19-37-32(39-27)40-28-15-13-23(18-30(28)46-3)31(43)38-24-7-6-16-42(20-24)25-8-5-9-25/h10-11,13,15,17-19,24-25H,5-9,12,14,16,20H2,1-4H3,(H,38,43)(H,37,39,40)/t24-/m1/s1. The normalized spacial score (nSPS) is 17.6. The summed E-state index contributed by atoms with van der Waals surface area (Å²) in [6, 6.07) is 10.7. The second kappa shape index (κ2) is 14.1. The number of nitrogens with one attached hydrogen (secondary N) is 2. The van der Waals surface area contributed by atoms with Gasteiger partial charge in [-0.2, -0.15) is 13.2 Å². The number of amides is 1. The van der Waals surface area contributed by atoms with Gasteiger partial charge in [-0.05, 0) is 87.4 Å². The van der Waals surface area contributed by atoms with Gasteiger partial charge in [-0.25, -0.2) is 18.4 Å². The topological polar surface area (TPSA) is 117 Å². The van der Waals surface area contributed by atoms with Crippen LogP contribution in [0.5, 0.6) is 5.75 Å². The fourth-order valence-corrected chi connectivity index (χ4v) is 6.57. The van der Waals surface area contributed by atoms with E-state index in [0.717, 1.165) is 48.3 Å². The average molecular weight is 675 g/mol. The molecule has 0 bridgehead atoms. The fraction of sp³-hybridized carbons (Fsp3) is 0.485. The Kier molecular flexibility index (Phi) is 10.3. The number of aromatic nitrogens is 2. The third-order valence-corrected chi connectivity index (χ3v) is 10.2. The van der Waals surface area contributed by atoms with Gasteiger partial charge in [0, 0.05) is 37.4 Å². The van der Waals surface area contributed by atoms with Crippen molar-refractivity contribution in [2.75, 3.05) is 43.1 Å². The molecule has 0 radical (unpaired) electrons. The zero-order valence-corrected chi connectivity index (χ0v) is 27.8. The lowest BCUT2D eigenvalue weighted by Gasteiger charge is -2.42. The van der Waals surface area contributed by atoms with Gasteiger partial charge in [-0.15, -0.1) is 0 Å². The van der Waals surface area contributed by atoms with Crippen LogP contribution < -0.4 is 19.7 Å². The molecule has 1 saturated heterocycles. The first-order valence-corrected chi connectivity index (χ1v) is 17.5. The van der Waals surface area contributed by atoms with Crippen LogP contribution in [0.4, 0.5) is 30.5 Å². The van der Waals surface area contributed by atoms with Crippen molar-refractivity contribution < 1.29 is 31.1 Å². The molecule has 5 rings (SSSR count). The summed E-state index contributed by atoms with van der Waals surface area (Å²) >= 11 is 0. The van der Waals surface area contributed by atoms with E-state index in [0.29, 0.717) is 34.3 Å². The summed E-state index contributed by atoms with van der Waals surface area (Å²) in [5.41, 5.74) is 1.30. The molecule has 2 heterocycles. The maximum Gasteiger partial charge on any atom is 0.419 e. The molecule has 2 aromatic carbocycles. The molecule has 10 nitrogen and oxygen atoms in total. The van der Waals surface area contributed by atoms with Crippen LogP contribution in [0.25, 0.3) is 0 Å². The van der Waals surface area contributed by atoms with Gasteiger partial charge in [0.2, 0.25) is 16.0 Å². The number of carbonyl (C=O) groups excluding carboxylic acids is 1. The van der Waals surface area contributed by atoms with Gasteiger partial charge >= 0.3 is 6.18 Å². The molecular formula is C33H41F3N6O4S. The van der Waals surface area contributed by atoms with Gasteiger partial charge < -0.3 is 15.4 Å². The second-order valence-electron chi connectivity index (χ2n) is 12.3. The summed E-state index contributed by atoms with van der Waals surface area (Å²) in [7, 11) is -0.757. The molecule has 254 valence electrons. The van der Waals surface area contributed by atoms with Crippen LogP contribution in [0.3, 0.4) is 0 Å². The third-order valence-electron chi connectivity index (χ3n) is 8.97. The minimum atomic E-state index is -4.70. The number of aryl methyl sites for hydroxylation is 3. The molecule has 2 N–H and O–H groups in total. The maximum atomic E-state index is 14.0. The Hall–Kier alpha value is -3.91. The lowest BCUT2D eigenvalue weighted by atomic mass is 9.89. The number of ether oxygens (including phenoxy) is 1. The number of benzene rings is 2. The van der Waals surface area contributed by atoms with E-state index in [1.807, 2.05) is 0 Å². The lowest BCUT2D eigenvalue weighted by molar-refractivity contribution is -0.138. The number of nitrogens with zero attached hydrogens (tertiary/aromatic N) is 4. The molecule has 1 aliphatic heterocycles. The molecule has 0 unspecified atom stereocenters. The summed E-state index contributed by atoms with van der Waals surface area (Å²) in [4.78, 5) is 23.8. The minimum Gasteiger partial charge on any atom is -0.495 e. The van der Waals surface area contributed by atoms with Gasteiger partial charge in [0.15, 0.2) is 0 Å². The summed E-state index contributed by atoms with van der Waals surface area (Å²) < 4.78 is 73.1. The Morgan fingerprint density at radius 1 is 1.11 bits per heavy atom. The first-order chi connectivity index (χ1) is 22.2. The molecule has 1 amide bonds. The van der Waals surface area contributed by atoms with E-state index in [1.54, 1.807) is 43.3 Å². The predicted molar refractivity (Wildman–Crippen MR) is 175 cm³/mol. The van der Waals surface area contributed by atoms with Gasteiger partial charge in [-0.1, -0.05) is 18.6 Å². The number of anilines is 3. The number of rotatable bonds is 11. The molecule has 0 spiro atoms. The molecule has 1 aliphatic carbocycles. The largest absolute Gasteiger partial charge is 0.495 e. The zero-order valence-electron chi connectivity index (χ0n) is 27.0. The van der Waals surface area contributed by atoms with Crippen LogP contribution in [0.15, 0.2) is 42.6 Å². The number of hydrogen-bond donors (Lipinski definition) is 2. The first-order valence-electron chi connectivity index (χ1n) is 15.7. The number of carbonyl (C=O) groups is 1. The van der Waals surface area contributed by atoms with Crippen molar-refractivity contribution in [1.29, 1.82) is 0 Å². The van der Waals surface area contributed by atoms with Gasteiger partial charge in [-0.3, -0.25) is 14.0 Å². The highest BCUT2D eigenvalue weighted by molar-refractivity contribution is 7.92. The highest BCUT2D eigenvalue weighted by Crippen LogP contribution is 2.34. The quantitative estimate of drug-likeness (QED) is 0.275. The first kappa shape index (κ1) is 34.4. The molecule has 2 fully saturated rings. The third kappa shape index (κ3) is 8.33. The molecule has 1 saturated carbocycles. The van der Waals surface area contributed by atoms with Crippen molar-refractivity contribution in [2.24, 2.45) is 0 Å². The number of alkyl halides is 3. The molecule has 2 aliphatic rings. The summed E-state index contributed by atoms with van der Waals surface area (Å²) in [6.45, 7) is 3.70. The van der Waals surface area contributed by atoms with Crippen molar-refractivity contribution in [3.8, 4) is 5.75 Å².